The number of ether oxygens (including phenoxy) is 2. The number of pyridine rings is 1. The fraction of sp³-hybridized carbons (Fsp3) is 0.583. The summed E-state index contributed by atoms with van der Waals surface area (Å²) in [5.74, 6) is 0.186. The Kier molecular flexibility index (Phi) is 3.36. The van der Waals surface area contributed by atoms with Crippen LogP contribution in [0.3, 0.4) is 0 Å². The molecule has 0 aliphatic heterocycles. The average Bonchev–Trinajstić information content (AvgIpc) is 3.02. The van der Waals surface area contributed by atoms with Crippen molar-refractivity contribution in [3.05, 3.63) is 17.8 Å². The highest BCUT2D eigenvalue weighted by molar-refractivity contribution is 5.38. The van der Waals surface area contributed by atoms with Gasteiger partial charge in [-0.05, 0) is 32.8 Å². The van der Waals surface area contributed by atoms with Crippen molar-refractivity contribution in [1.29, 1.82) is 0 Å². The van der Waals surface area contributed by atoms with E-state index in [1.165, 1.54) is 0 Å². The monoisotopic (exact) mass is 261 g/mol. The second-order valence-electron chi connectivity index (χ2n) is 4.51. The number of hydrogen-bond donors (Lipinski definition) is 0. The Bertz CT molecular complexity index is 428. The second-order valence-corrected chi connectivity index (χ2v) is 4.51. The fourth-order valence-corrected chi connectivity index (χ4v) is 1.35. The van der Waals surface area contributed by atoms with Gasteiger partial charge < -0.3 is 9.47 Å². The topological polar surface area (TPSA) is 31.4 Å². The van der Waals surface area contributed by atoms with E-state index in [2.05, 4.69) is 4.98 Å². The first-order valence-corrected chi connectivity index (χ1v) is 5.77. The van der Waals surface area contributed by atoms with Gasteiger partial charge in [0.05, 0.1) is 17.8 Å². The zero-order valence-corrected chi connectivity index (χ0v) is 10.1. The third-order valence-corrected chi connectivity index (χ3v) is 2.31. The number of aromatic nitrogens is 1. The molecule has 0 radical (unpaired) electrons. The molecular formula is C12H14F3NO2. The Morgan fingerprint density at radius 3 is 2.50 bits per heavy atom. The molecule has 100 valence electrons. The number of alkyl halides is 3. The Morgan fingerprint density at radius 2 is 2.00 bits per heavy atom. The summed E-state index contributed by atoms with van der Waals surface area (Å²) in [6.07, 6.45) is -2.13. The molecule has 6 heteroatoms. The molecule has 0 spiro atoms. The van der Waals surface area contributed by atoms with Gasteiger partial charge in [0.2, 0.25) is 0 Å². The SMILES string of the molecule is CC(C)Oc1ncc(C(F)(F)F)cc1OC1CC1. The molecule has 1 fully saturated rings. The van der Waals surface area contributed by atoms with Crippen LogP contribution in [0.1, 0.15) is 32.3 Å². The average molecular weight is 261 g/mol. The van der Waals surface area contributed by atoms with Crippen LogP contribution in [0.25, 0.3) is 0 Å². The van der Waals surface area contributed by atoms with Gasteiger partial charge in [0.15, 0.2) is 5.75 Å². The van der Waals surface area contributed by atoms with E-state index < -0.39 is 11.7 Å². The maximum atomic E-state index is 12.6. The van der Waals surface area contributed by atoms with Gasteiger partial charge >= 0.3 is 6.18 Å². The predicted molar refractivity (Wildman–Crippen MR) is 58.7 cm³/mol. The smallest absolute Gasteiger partial charge is 0.418 e. The Hall–Kier alpha value is -1.46. The zero-order chi connectivity index (χ0) is 13.3. The first-order chi connectivity index (χ1) is 8.36. The molecule has 0 amide bonds. The standard InChI is InChI=1S/C12H14F3NO2/c1-7(2)17-11-10(18-9-3-4-9)5-8(6-16-11)12(13,14)15/h5-7,9H,3-4H2,1-2H3. The van der Waals surface area contributed by atoms with Crippen LogP contribution < -0.4 is 9.47 Å². The van der Waals surface area contributed by atoms with Crippen molar-refractivity contribution in [3.8, 4) is 11.6 Å². The first-order valence-electron chi connectivity index (χ1n) is 5.77. The van der Waals surface area contributed by atoms with Crippen LogP contribution in [-0.4, -0.2) is 17.2 Å². The summed E-state index contributed by atoms with van der Waals surface area (Å²) >= 11 is 0. The zero-order valence-electron chi connectivity index (χ0n) is 10.1. The van der Waals surface area contributed by atoms with Gasteiger partial charge in [0.1, 0.15) is 0 Å². The summed E-state index contributed by atoms with van der Waals surface area (Å²) in [6, 6.07) is 0.947. The fourth-order valence-electron chi connectivity index (χ4n) is 1.35. The van der Waals surface area contributed by atoms with Gasteiger partial charge in [-0.15, -0.1) is 0 Å². The maximum absolute atomic E-state index is 12.6. The van der Waals surface area contributed by atoms with Gasteiger partial charge in [-0.2, -0.15) is 13.2 Å². The minimum Gasteiger partial charge on any atom is -0.485 e. The predicted octanol–water partition coefficient (Wildman–Crippen LogP) is 3.43. The summed E-state index contributed by atoms with van der Waals surface area (Å²) in [4.78, 5) is 3.70. The van der Waals surface area contributed by atoms with Crippen LogP contribution in [0.4, 0.5) is 13.2 Å². The van der Waals surface area contributed by atoms with E-state index in [0.717, 1.165) is 25.1 Å². The van der Waals surface area contributed by atoms with Crippen LogP contribution in [-0.2, 0) is 6.18 Å². The minimum atomic E-state index is -4.43. The van der Waals surface area contributed by atoms with Crippen molar-refractivity contribution in [2.45, 2.75) is 45.1 Å². The van der Waals surface area contributed by atoms with Crippen molar-refractivity contribution in [1.82, 2.24) is 4.98 Å². The van der Waals surface area contributed by atoms with E-state index >= 15 is 0 Å². The molecule has 0 atom stereocenters. The van der Waals surface area contributed by atoms with E-state index in [0.29, 0.717) is 0 Å². The summed E-state index contributed by atoms with van der Waals surface area (Å²) in [5, 5.41) is 0. The molecule has 1 saturated carbocycles. The van der Waals surface area contributed by atoms with E-state index in [1.54, 1.807) is 13.8 Å². The van der Waals surface area contributed by atoms with E-state index in [4.69, 9.17) is 9.47 Å². The van der Waals surface area contributed by atoms with Gasteiger partial charge in [0, 0.05) is 6.20 Å². The lowest BCUT2D eigenvalue weighted by Gasteiger charge is -2.15. The Balaban J connectivity index is 2.28. The van der Waals surface area contributed by atoms with Gasteiger partial charge in [-0.1, -0.05) is 0 Å². The molecule has 1 aliphatic rings. The van der Waals surface area contributed by atoms with Gasteiger partial charge in [-0.3, -0.25) is 0 Å². The van der Waals surface area contributed by atoms with Crippen molar-refractivity contribution in [3.63, 3.8) is 0 Å². The number of halogens is 3. The molecule has 1 heterocycles. The summed E-state index contributed by atoms with van der Waals surface area (Å²) in [6.45, 7) is 3.56. The molecule has 1 aromatic heterocycles. The lowest BCUT2D eigenvalue weighted by atomic mass is 10.2. The molecule has 0 aromatic carbocycles. The minimum absolute atomic E-state index is 0.00945. The van der Waals surface area contributed by atoms with Crippen molar-refractivity contribution < 1.29 is 22.6 Å². The van der Waals surface area contributed by atoms with Crippen LogP contribution in [0.5, 0.6) is 11.6 Å². The third-order valence-electron chi connectivity index (χ3n) is 2.31. The van der Waals surface area contributed by atoms with Crippen LogP contribution >= 0.6 is 0 Å². The molecule has 1 aromatic rings. The summed E-state index contributed by atoms with van der Waals surface area (Å²) in [7, 11) is 0. The molecule has 3 nitrogen and oxygen atoms in total. The van der Waals surface area contributed by atoms with Crippen molar-refractivity contribution >= 4 is 0 Å². The summed E-state index contributed by atoms with van der Waals surface area (Å²) < 4.78 is 48.5. The third kappa shape index (κ3) is 3.27. The molecule has 2 rings (SSSR count). The molecule has 0 unspecified atom stereocenters. The largest absolute Gasteiger partial charge is 0.485 e. The number of nitrogens with zero attached hydrogens (tertiary/aromatic N) is 1. The highest BCUT2D eigenvalue weighted by atomic mass is 19.4. The Morgan fingerprint density at radius 1 is 1.33 bits per heavy atom. The van der Waals surface area contributed by atoms with Gasteiger partial charge in [-0.25, -0.2) is 4.98 Å². The quantitative estimate of drug-likeness (QED) is 0.832. The van der Waals surface area contributed by atoms with Crippen molar-refractivity contribution in [2.24, 2.45) is 0 Å². The molecular weight excluding hydrogens is 247 g/mol. The van der Waals surface area contributed by atoms with Crippen LogP contribution in [0, 0.1) is 0 Å². The molecule has 0 N–H and O–H groups in total. The molecule has 18 heavy (non-hydrogen) atoms. The first kappa shape index (κ1) is 13.0. The normalized spacial score (nSPS) is 15.9. The molecule has 0 bridgehead atoms. The lowest BCUT2D eigenvalue weighted by Crippen LogP contribution is -2.12. The molecule has 1 aliphatic carbocycles. The highest BCUT2D eigenvalue weighted by Crippen LogP contribution is 2.37. The van der Waals surface area contributed by atoms with E-state index in [9.17, 15) is 13.2 Å². The lowest BCUT2D eigenvalue weighted by molar-refractivity contribution is -0.138. The second kappa shape index (κ2) is 4.66. The number of hydrogen-bond acceptors (Lipinski definition) is 3. The van der Waals surface area contributed by atoms with Crippen LogP contribution in [0.15, 0.2) is 12.3 Å². The van der Waals surface area contributed by atoms with Crippen LogP contribution in [0.2, 0.25) is 0 Å². The maximum Gasteiger partial charge on any atom is 0.418 e. The summed E-state index contributed by atoms with van der Waals surface area (Å²) in [5.41, 5.74) is -0.825. The molecule has 0 saturated heterocycles. The van der Waals surface area contributed by atoms with E-state index in [-0.39, 0.29) is 23.8 Å². The van der Waals surface area contributed by atoms with Gasteiger partial charge in [0.25, 0.3) is 5.88 Å². The van der Waals surface area contributed by atoms with E-state index in [1.807, 2.05) is 0 Å². The van der Waals surface area contributed by atoms with Crippen molar-refractivity contribution in [2.75, 3.05) is 0 Å². The number of rotatable bonds is 4. The highest BCUT2D eigenvalue weighted by Gasteiger charge is 2.33. The Labute approximate surface area is 103 Å².